The lowest BCUT2D eigenvalue weighted by molar-refractivity contribution is -0.145. The van der Waals surface area contributed by atoms with Crippen molar-refractivity contribution < 1.29 is 82.8 Å². The number of carbonyl (C=O) groups excluding carboxylic acids is 10. The van der Waals surface area contributed by atoms with Gasteiger partial charge >= 0.3 is 17.9 Å². The molecule has 1 aliphatic heterocycles. The van der Waals surface area contributed by atoms with Crippen molar-refractivity contribution in [3.8, 4) is 5.75 Å². The van der Waals surface area contributed by atoms with Crippen LogP contribution in [0.4, 0.5) is 0 Å². The van der Waals surface area contributed by atoms with E-state index in [1.54, 1.807) is 12.1 Å². The van der Waals surface area contributed by atoms with Crippen molar-refractivity contribution in [2.24, 2.45) is 23.7 Å². The summed E-state index contributed by atoms with van der Waals surface area (Å²) < 4.78 is 0. The van der Waals surface area contributed by atoms with Crippen LogP contribution in [0.5, 0.6) is 5.75 Å². The number of unbranched alkanes of at least 4 members (excludes halogenated alkanes) is 2. The van der Waals surface area contributed by atoms with Gasteiger partial charge in [0.2, 0.25) is 23.6 Å². The number of carboxylic acid groups (broad SMARTS) is 3. The third-order valence-corrected chi connectivity index (χ3v) is 16.6. The van der Waals surface area contributed by atoms with Crippen LogP contribution < -0.4 is 31.9 Å². The van der Waals surface area contributed by atoms with Crippen LogP contribution in [-0.4, -0.2) is 170 Å². The van der Waals surface area contributed by atoms with E-state index in [0.717, 1.165) is 32.1 Å². The molecule has 1 aliphatic carbocycles. The Morgan fingerprint density at radius 2 is 1.24 bits per heavy atom. The highest BCUT2D eigenvalue weighted by molar-refractivity contribution is 5.97. The Balaban J connectivity index is 1.52. The number of benzene rings is 1. The molecule has 3 rings (SSSR count). The molecule has 2 fully saturated rings. The lowest BCUT2D eigenvalue weighted by Gasteiger charge is -2.29. The molecule has 1 aromatic carbocycles. The van der Waals surface area contributed by atoms with E-state index in [9.17, 15) is 82.8 Å². The molecule has 1 saturated heterocycles. The maximum Gasteiger partial charge on any atom is 0.326 e. The van der Waals surface area contributed by atoms with Crippen LogP contribution in [0, 0.1) is 23.7 Å². The largest absolute Gasteiger partial charge is 0.508 e. The van der Waals surface area contributed by atoms with Gasteiger partial charge in [-0.3, -0.25) is 62.4 Å². The fourth-order valence-corrected chi connectivity index (χ4v) is 11.1. The Morgan fingerprint density at radius 1 is 0.640 bits per heavy atom. The van der Waals surface area contributed by atoms with Gasteiger partial charge in [-0.15, -0.1) is 0 Å². The molecule has 0 unspecified atom stereocenters. The van der Waals surface area contributed by atoms with Crippen molar-refractivity contribution >= 4 is 76.2 Å². The highest BCUT2D eigenvalue weighted by Gasteiger charge is 2.36. The molecule has 480 valence electrons. The first-order chi connectivity index (χ1) is 40.6. The van der Waals surface area contributed by atoms with Gasteiger partial charge < -0.3 is 52.3 Å². The number of nitrogens with zero attached hydrogens (tertiary/aromatic N) is 1. The molecular weight excluding hydrogens is 1110 g/mol. The number of hydrogen-bond acceptors (Lipinski definition) is 17. The van der Waals surface area contributed by atoms with E-state index in [1.165, 1.54) is 39.8 Å². The normalized spacial score (nSPS) is 18.2. The van der Waals surface area contributed by atoms with Gasteiger partial charge in [-0.05, 0) is 134 Å². The highest BCUT2D eigenvalue weighted by atomic mass is 16.4. The average Bonchev–Trinajstić information content (AvgIpc) is 3.35. The number of nitrogens with one attached hydrogen (secondary N) is 6. The predicted molar refractivity (Wildman–Crippen MR) is 316 cm³/mol. The van der Waals surface area contributed by atoms with E-state index in [1.807, 2.05) is 11.8 Å². The number of phenolic OH excluding ortho intramolecular Hbond substituents is 1. The standard InChI is InChI=1S/C62H95N7O17/c1-7-9-13-47(65-36-55(77)62(5,6)68-58(80)50(66-39(4)71)32-41-18-24-45(72)25-19-41)53(75)35-64-48(54(76)37-69-31-12-15-51(69)38(3)70)14-10-11-30-63-56(78)28-22-43(59(81)82)33-46(73)26-27-49(61(85)86)67-57(79)29-23-44(60(83)84)34-52(74)42-20-16-40(8-2)17-21-42/h18-19,24-25,40,42-44,47-51,64-65,72H,7-17,20-23,26-37H2,1-6H3,(H,63,78)(H,66,71)(H,67,79)(H,68,80)(H,81,82)(H,83,84)(H,85,86)/t40?,42?,43-,44-,47+,48+,49+,50-,51+/m1/s1. The Labute approximate surface area is 504 Å². The number of phenols is 1. The molecule has 24 heteroatoms. The van der Waals surface area contributed by atoms with Crippen LogP contribution in [0.15, 0.2) is 24.3 Å². The van der Waals surface area contributed by atoms with E-state index in [2.05, 4.69) is 38.8 Å². The van der Waals surface area contributed by atoms with Crippen molar-refractivity contribution in [3.05, 3.63) is 29.8 Å². The summed E-state index contributed by atoms with van der Waals surface area (Å²) in [4.78, 5) is 169. The van der Waals surface area contributed by atoms with E-state index in [0.29, 0.717) is 63.0 Å². The summed E-state index contributed by atoms with van der Waals surface area (Å²) in [6.45, 7) is 9.90. The smallest absolute Gasteiger partial charge is 0.326 e. The summed E-state index contributed by atoms with van der Waals surface area (Å²) in [6.07, 6.45) is 5.83. The van der Waals surface area contributed by atoms with Gasteiger partial charge in [-0.25, -0.2) is 4.79 Å². The second-order valence-corrected chi connectivity index (χ2v) is 23.9. The number of hydrogen-bond donors (Lipinski definition) is 10. The summed E-state index contributed by atoms with van der Waals surface area (Å²) in [5, 5.41) is 55.6. The first kappa shape index (κ1) is 73.5. The summed E-state index contributed by atoms with van der Waals surface area (Å²) in [7, 11) is 0. The first-order valence-electron chi connectivity index (χ1n) is 30.6. The predicted octanol–water partition coefficient (Wildman–Crippen LogP) is 3.93. The van der Waals surface area contributed by atoms with Crippen LogP contribution >= 0.6 is 0 Å². The summed E-state index contributed by atoms with van der Waals surface area (Å²) in [6, 6.07) is 1.50. The molecule has 0 radical (unpaired) electrons. The second kappa shape index (κ2) is 37.7. The Bertz CT molecular complexity index is 2490. The van der Waals surface area contributed by atoms with Gasteiger partial charge in [-0.1, -0.05) is 45.2 Å². The number of Topliss-reactive ketones (excluding diaryl/α,β-unsaturated/α-hetero) is 6. The number of aromatic hydroxyl groups is 1. The van der Waals surface area contributed by atoms with E-state index >= 15 is 0 Å². The number of carboxylic acids is 3. The third kappa shape index (κ3) is 26.9. The first-order valence-corrected chi connectivity index (χ1v) is 30.6. The van der Waals surface area contributed by atoms with Crippen LogP contribution in [-0.2, 0) is 68.7 Å². The lowest BCUT2D eigenvalue weighted by atomic mass is 9.77. The molecule has 1 heterocycles. The van der Waals surface area contributed by atoms with Gasteiger partial charge in [0.25, 0.3) is 0 Å². The Hall–Kier alpha value is -6.79. The monoisotopic (exact) mass is 1210 g/mol. The van der Waals surface area contributed by atoms with Crippen molar-refractivity contribution in [3.63, 3.8) is 0 Å². The zero-order chi connectivity index (χ0) is 64.1. The van der Waals surface area contributed by atoms with Crippen LogP contribution in [0.25, 0.3) is 0 Å². The third-order valence-electron chi connectivity index (χ3n) is 16.6. The molecule has 4 amide bonds. The highest BCUT2D eigenvalue weighted by Crippen LogP contribution is 2.33. The molecular formula is C62H95N7O17. The molecule has 0 aromatic heterocycles. The number of aliphatic carboxylic acids is 3. The van der Waals surface area contributed by atoms with Crippen LogP contribution in [0.1, 0.15) is 182 Å². The number of amides is 4. The molecule has 24 nitrogen and oxygen atoms in total. The molecule has 86 heavy (non-hydrogen) atoms. The van der Waals surface area contributed by atoms with E-state index < -0.39 is 114 Å². The van der Waals surface area contributed by atoms with E-state index in [4.69, 9.17) is 0 Å². The van der Waals surface area contributed by atoms with Gasteiger partial charge in [-0.2, -0.15) is 0 Å². The number of carbonyl (C=O) groups is 13. The average molecular weight is 1210 g/mol. The van der Waals surface area contributed by atoms with Crippen molar-refractivity contribution in [1.29, 1.82) is 0 Å². The zero-order valence-electron chi connectivity index (χ0n) is 51.1. The van der Waals surface area contributed by atoms with Crippen LogP contribution in [0.2, 0.25) is 0 Å². The van der Waals surface area contributed by atoms with Crippen LogP contribution in [0.3, 0.4) is 0 Å². The summed E-state index contributed by atoms with van der Waals surface area (Å²) in [5.74, 6) is -10.3. The molecule has 0 spiro atoms. The van der Waals surface area contributed by atoms with Crippen molar-refractivity contribution in [2.45, 2.75) is 219 Å². The maximum atomic E-state index is 13.9. The molecule has 10 N–H and O–H groups in total. The lowest BCUT2D eigenvalue weighted by Crippen LogP contribution is -2.59. The summed E-state index contributed by atoms with van der Waals surface area (Å²) >= 11 is 0. The zero-order valence-corrected chi connectivity index (χ0v) is 51.1. The second-order valence-electron chi connectivity index (χ2n) is 23.9. The molecule has 1 saturated carbocycles. The van der Waals surface area contributed by atoms with Crippen molar-refractivity contribution in [1.82, 2.24) is 36.8 Å². The Morgan fingerprint density at radius 3 is 1.84 bits per heavy atom. The minimum Gasteiger partial charge on any atom is -0.508 e. The van der Waals surface area contributed by atoms with Gasteiger partial charge in [0.15, 0.2) is 17.3 Å². The summed E-state index contributed by atoms with van der Waals surface area (Å²) in [5.41, 5.74) is -0.777. The minimum atomic E-state index is -1.53. The fraction of sp³-hybridized carbons (Fsp3) is 0.694. The van der Waals surface area contributed by atoms with E-state index in [-0.39, 0.29) is 112 Å². The fourth-order valence-electron chi connectivity index (χ4n) is 11.1. The minimum absolute atomic E-state index is 0.0302. The van der Waals surface area contributed by atoms with Gasteiger partial charge in [0.05, 0.1) is 55.1 Å². The number of ketones is 6. The molecule has 2 aliphatic rings. The molecule has 1 aromatic rings. The van der Waals surface area contributed by atoms with Gasteiger partial charge in [0, 0.05) is 57.9 Å². The van der Waals surface area contributed by atoms with Gasteiger partial charge in [0.1, 0.15) is 35.2 Å². The topological polar surface area (TPSA) is 378 Å². The maximum absolute atomic E-state index is 13.9. The quantitative estimate of drug-likeness (QED) is 0.0414. The molecule has 0 bridgehead atoms. The number of rotatable bonds is 44. The SMILES string of the molecule is CCCC[C@H](NCC(=O)C(C)(C)NC(=O)[C@@H](Cc1ccc(O)cc1)NC(C)=O)C(=O)CN[C@@H](CCCCNC(=O)CC[C@H](CC(=O)CC[C@H](NC(=O)CC[C@H](CC(=O)C1CCC(CC)CC1)C(=O)O)C(=O)O)C(=O)O)C(=O)CN1CCC[C@H]1C(C)=O. The van der Waals surface area contributed by atoms with Crippen molar-refractivity contribution in [2.75, 3.05) is 32.7 Å². The number of likely N-dealkylation sites (tertiary alicyclic amines) is 1. The molecule has 7 atom stereocenters. The Kier molecular flexibility index (Phi) is 32.2.